The first-order chi connectivity index (χ1) is 4.54. The zero-order valence-electron chi connectivity index (χ0n) is 6.10. The minimum absolute atomic E-state index is 0.0511. The normalized spacial score (nSPS) is 13.3. The van der Waals surface area contributed by atoms with Gasteiger partial charge in [0.2, 0.25) is 5.91 Å². The van der Waals surface area contributed by atoms with Gasteiger partial charge in [-0.05, 0) is 0 Å². The third kappa shape index (κ3) is 5.11. The fraction of sp³-hybridized carbons (Fsp3) is 0.833. The molecule has 0 fully saturated rings. The van der Waals surface area contributed by atoms with E-state index in [-0.39, 0.29) is 16.0 Å². The summed E-state index contributed by atoms with van der Waals surface area (Å²) in [5, 5.41) is 2.72. The van der Waals surface area contributed by atoms with Crippen molar-refractivity contribution < 1.29 is 4.79 Å². The van der Waals surface area contributed by atoms with Gasteiger partial charge in [-0.2, -0.15) is 12.6 Å². The molecule has 0 saturated carbocycles. The molecule has 0 aromatic rings. The third-order valence-electron chi connectivity index (χ3n) is 0.969. The van der Waals surface area contributed by atoms with Gasteiger partial charge in [-0.15, -0.1) is 0 Å². The van der Waals surface area contributed by atoms with Crippen molar-refractivity contribution in [1.29, 1.82) is 0 Å². The second-order valence-electron chi connectivity index (χ2n) is 2.33. The highest BCUT2D eigenvalue weighted by Gasteiger charge is 2.06. The van der Waals surface area contributed by atoms with Crippen LogP contribution in [0.15, 0.2) is 0 Å². The summed E-state index contributed by atoms with van der Waals surface area (Å²) in [5.74, 6) is 0.123. The average molecular weight is 226 g/mol. The maximum atomic E-state index is 10.9. The van der Waals surface area contributed by atoms with Crippen LogP contribution in [0.1, 0.15) is 13.8 Å². The summed E-state index contributed by atoms with van der Waals surface area (Å²) in [4.78, 5) is 10.9. The smallest absolute Gasteiger partial charge is 0.222 e. The number of thiol groups is 1. The second-order valence-corrected chi connectivity index (χ2v) is 4.77. The average Bonchev–Trinajstić information content (AvgIpc) is 1.82. The van der Waals surface area contributed by atoms with Crippen molar-refractivity contribution in [2.24, 2.45) is 5.92 Å². The highest BCUT2D eigenvalue weighted by Crippen LogP contribution is 2.01. The number of amides is 1. The lowest BCUT2D eigenvalue weighted by atomic mass is 10.2. The van der Waals surface area contributed by atoms with Crippen molar-refractivity contribution in [2.45, 2.75) is 18.0 Å². The van der Waals surface area contributed by atoms with E-state index in [0.717, 1.165) is 0 Å². The molecule has 0 radical (unpaired) electrons. The Morgan fingerprint density at radius 2 is 2.20 bits per heavy atom. The van der Waals surface area contributed by atoms with Gasteiger partial charge in [0.15, 0.2) is 0 Å². The van der Waals surface area contributed by atoms with Crippen LogP contribution >= 0.6 is 28.6 Å². The van der Waals surface area contributed by atoms with Gasteiger partial charge in [-0.3, -0.25) is 4.79 Å². The Bertz CT molecular complexity index is 116. The molecule has 1 atom stereocenters. The topological polar surface area (TPSA) is 29.1 Å². The van der Waals surface area contributed by atoms with Crippen molar-refractivity contribution in [3.05, 3.63) is 0 Å². The SMILES string of the molecule is CC(C)C(=O)NCC(S)Br. The number of halogens is 1. The van der Waals surface area contributed by atoms with Crippen LogP contribution in [0.5, 0.6) is 0 Å². The molecule has 0 aromatic heterocycles. The van der Waals surface area contributed by atoms with Crippen molar-refractivity contribution >= 4 is 34.5 Å². The predicted octanol–water partition coefficient (Wildman–Crippen LogP) is 1.41. The first-order valence-corrected chi connectivity index (χ1v) is 4.57. The van der Waals surface area contributed by atoms with E-state index >= 15 is 0 Å². The maximum absolute atomic E-state index is 10.9. The van der Waals surface area contributed by atoms with Gasteiger partial charge >= 0.3 is 0 Å². The van der Waals surface area contributed by atoms with Crippen LogP contribution in [0, 0.1) is 5.92 Å². The Morgan fingerprint density at radius 3 is 2.50 bits per heavy atom. The minimum Gasteiger partial charge on any atom is -0.354 e. The standard InChI is InChI=1S/C6H12BrNOS/c1-4(2)6(9)8-3-5(7)10/h4-5,10H,3H2,1-2H3,(H,8,9). The molecule has 0 aliphatic carbocycles. The van der Waals surface area contributed by atoms with E-state index in [1.807, 2.05) is 13.8 Å². The Balaban J connectivity index is 3.40. The highest BCUT2D eigenvalue weighted by atomic mass is 79.9. The van der Waals surface area contributed by atoms with Gasteiger partial charge in [-0.1, -0.05) is 29.8 Å². The van der Waals surface area contributed by atoms with Crippen molar-refractivity contribution in [1.82, 2.24) is 5.32 Å². The Kier molecular flexibility index (Phi) is 5.17. The van der Waals surface area contributed by atoms with Crippen molar-refractivity contribution in [2.75, 3.05) is 6.54 Å². The summed E-state index contributed by atoms with van der Waals surface area (Å²) in [7, 11) is 0. The third-order valence-corrected chi connectivity index (χ3v) is 1.48. The van der Waals surface area contributed by atoms with E-state index in [9.17, 15) is 4.79 Å². The molecule has 2 nitrogen and oxygen atoms in total. The Labute approximate surface area is 75.3 Å². The van der Waals surface area contributed by atoms with E-state index in [1.54, 1.807) is 0 Å². The molecule has 0 aromatic carbocycles. The van der Waals surface area contributed by atoms with Gasteiger partial charge in [0.05, 0.1) is 4.16 Å². The van der Waals surface area contributed by atoms with Crippen LogP contribution in [0.2, 0.25) is 0 Å². The summed E-state index contributed by atoms with van der Waals surface area (Å²) in [6.45, 7) is 4.29. The van der Waals surface area contributed by atoms with E-state index in [4.69, 9.17) is 0 Å². The van der Waals surface area contributed by atoms with Gasteiger partial charge in [0, 0.05) is 12.5 Å². The lowest BCUT2D eigenvalue weighted by Gasteiger charge is -2.07. The monoisotopic (exact) mass is 225 g/mol. The van der Waals surface area contributed by atoms with Crippen LogP contribution in [-0.2, 0) is 4.79 Å². The molecule has 1 unspecified atom stereocenters. The molecule has 0 spiro atoms. The highest BCUT2D eigenvalue weighted by molar-refractivity contribution is 9.11. The quantitative estimate of drug-likeness (QED) is 0.553. The first kappa shape index (κ1) is 10.3. The molecule has 0 rings (SSSR count). The van der Waals surface area contributed by atoms with Gasteiger partial charge < -0.3 is 5.32 Å². The first-order valence-electron chi connectivity index (χ1n) is 3.14. The lowest BCUT2D eigenvalue weighted by Crippen LogP contribution is -2.31. The molecule has 1 N–H and O–H groups in total. The molecule has 0 bridgehead atoms. The van der Waals surface area contributed by atoms with E-state index < -0.39 is 0 Å². The van der Waals surface area contributed by atoms with Crippen LogP contribution in [-0.4, -0.2) is 16.6 Å². The zero-order chi connectivity index (χ0) is 8.15. The molecule has 0 aliphatic rings. The van der Waals surface area contributed by atoms with Gasteiger partial charge in [0.1, 0.15) is 0 Å². The molecular formula is C6H12BrNOS. The molecule has 0 aliphatic heterocycles. The molecule has 4 heteroatoms. The summed E-state index contributed by atoms with van der Waals surface area (Å²) < 4.78 is 0.0511. The number of nitrogens with one attached hydrogen (secondary N) is 1. The van der Waals surface area contributed by atoms with Gasteiger partial charge in [0.25, 0.3) is 0 Å². The summed E-state index contributed by atoms with van der Waals surface area (Å²) in [6, 6.07) is 0. The Hall–Kier alpha value is 0.300. The van der Waals surface area contributed by atoms with E-state index in [0.29, 0.717) is 6.54 Å². The molecule has 0 heterocycles. The summed E-state index contributed by atoms with van der Waals surface area (Å²) in [5.41, 5.74) is 0. The van der Waals surface area contributed by atoms with Crippen molar-refractivity contribution in [3.8, 4) is 0 Å². The number of carbonyl (C=O) groups is 1. The molecule has 0 saturated heterocycles. The molecule has 60 valence electrons. The maximum Gasteiger partial charge on any atom is 0.222 e. The second kappa shape index (κ2) is 5.02. The van der Waals surface area contributed by atoms with Crippen LogP contribution in [0.25, 0.3) is 0 Å². The van der Waals surface area contributed by atoms with Gasteiger partial charge in [-0.25, -0.2) is 0 Å². The number of alkyl halides is 1. The number of rotatable bonds is 3. The molecule has 1 amide bonds. The largest absolute Gasteiger partial charge is 0.354 e. The van der Waals surface area contributed by atoms with Crippen LogP contribution < -0.4 is 5.32 Å². The molecular weight excluding hydrogens is 214 g/mol. The molecule has 10 heavy (non-hydrogen) atoms. The van der Waals surface area contributed by atoms with Crippen molar-refractivity contribution in [3.63, 3.8) is 0 Å². The minimum atomic E-state index is 0.0511. The number of carbonyl (C=O) groups excluding carboxylic acids is 1. The fourth-order valence-corrected chi connectivity index (χ4v) is 0.642. The van der Waals surface area contributed by atoms with Crippen LogP contribution in [0.4, 0.5) is 0 Å². The number of hydrogen-bond donors (Lipinski definition) is 2. The number of hydrogen-bond acceptors (Lipinski definition) is 2. The summed E-state index contributed by atoms with van der Waals surface area (Å²) in [6.07, 6.45) is 0. The fourth-order valence-electron chi connectivity index (χ4n) is 0.389. The lowest BCUT2D eigenvalue weighted by molar-refractivity contribution is -0.123. The summed E-state index contributed by atoms with van der Waals surface area (Å²) >= 11 is 7.24. The predicted molar refractivity (Wildman–Crippen MR) is 49.5 cm³/mol. The van der Waals surface area contributed by atoms with Crippen LogP contribution in [0.3, 0.4) is 0 Å². The van der Waals surface area contributed by atoms with E-state index in [2.05, 4.69) is 33.9 Å². The Morgan fingerprint density at radius 1 is 1.70 bits per heavy atom. The van der Waals surface area contributed by atoms with E-state index in [1.165, 1.54) is 0 Å². The zero-order valence-corrected chi connectivity index (χ0v) is 8.58.